The number of rotatable bonds is 7. The third-order valence-electron chi connectivity index (χ3n) is 6.91. The van der Waals surface area contributed by atoms with Crippen LogP contribution in [0.5, 0.6) is 5.75 Å². The summed E-state index contributed by atoms with van der Waals surface area (Å²) >= 11 is 0. The largest absolute Gasteiger partial charge is 0.497 e. The van der Waals surface area contributed by atoms with Crippen LogP contribution in [0.2, 0.25) is 0 Å². The molecule has 2 aliphatic rings. The van der Waals surface area contributed by atoms with Crippen LogP contribution in [0.1, 0.15) is 28.3 Å². The molecular formula is C26H34N8O2. The third kappa shape index (κ3) is 5.59. The minimum atomic E-state index is 0.0414. The van der Waals surface area contributed by atoms with Crippen molar-refractivity contribution in [2.24, 2.45) is 5.92 Å². The quantitative estimate of drug-likeness (QED) is 0.521. The second-order valence-corrected chi connectivity index (χ2v) is 9.72. The highest BCUT2D eigenvalue weighted by atomic mass is 16.5. The molecule has 0 bridgehead atoms. The van der Waals surface area contributed by atoms with E-state index in [-0.39, 0.29) is 5.91 Å². The van der Waals surface area contributed by atoms with E-state index in [1.807, 2.05) is 42.2 Å². The summed E-state index contributed by atoms with van der Waals surface area (Å²) in [5.74, 6) is 4.24. The number of likely N-dealkylation sites (N-methyl/N-ethyl adjacent to an activating group) is 1. The average molecular weight is 491 g/mol. The molecule has 5 rings (SSSR count). The van der Waals surface area contributed by atoms with E-state index in [2.05, 4.69) is 32.4 Å². The highest BCUT2D eigenvalue weighted by Gasteiger charge is 2.28. The Bertz CT molecular complexity index is 1200. The SMILES string of the molecule is COc1cccc(C(=O)N2CC[C@H](Cc3nc(Nc4cc(C)[nH]n4)cc(N4CCN(C)CC4)n3)C2)c1. The van der Waals surface area contributed by atoms with E-state index in [0.29, 0.717) is 23.8 Å². The van der Waals surface area contributed by atoms with Gasteiger partial charge < -0.3 is 24.8 Å². The van der Waals surface area contributed by atoms with Gasteiger partial charge in [-0.1, -0.05) is 6.07 Å². The van der Waals surface area contributed by atoms with Crippen LogP contribution < -0.4 is 15.0 Å². The van der Waals surface area contributed by atoms with E-state index >= 15 is 0 Å². The number of aromatic nitrogens is 4. The minimum absolute atomic E-state index is 0.0414. The molecule has 3 aromatic rings. The van der Waals surface area contributed by atoms with Crippen molar-refractivity contribution in [2.45, 2.75) is 19.8 Å². The van der Waals surface area contributed by atoms with Gasteiger partial charge in [-0.25, -0.2) is 9.97 Å². The number of aromatic amines is 1. The highest BCUT2D eigenvalue weighted by Crippen LogP contribution is 2.26. The summed E-state index contributed by atoms with van der Waals surface area (Å²) in [7, 11) is 3.76. The molecule has 1 atom stereocenters. The maximum Gasteiger partial charge on any atom is 0.253 e. The first-order valence-corrected chi connectivity index (χ1v) is 12.5. The number of nitrogens with one attached hydrogen (secondary N) is 2. The maximum absolute atomic E-state index is 13.1. The molecule has 2 aromatic heterocycles. The smallest absolute Gasteiger partial charge is 0.253 e. The number of methoxy groups -OCH3 is 1. The monoisotopic (exact) mass is 490 g/mol. The number of amides is 1. The molecule has 2 fully saturated rings. The van der Waals surface area contributed by atoms with E-state index in [9.17, 15) is 4.79 Å². The van der Waals surface area contributed by atoms with E-state index in [0.717, 1.165) is 74.5 Å². The number of aryl methyl sites for hydroxylation is 1. The third-order valence-corrected chi connectivity index (χ3v) is 6.91. The number of ether oxygens (including phenoxy) is 1. The summed E-state index contributed by atoms with van der Waals surface area (Å²) in [5.41, 5.74) is 1.64. The molecule has 10 nitrogen and oxygen atoms in total. The molecule has 4 heterocycles. The van der Waals surface area contributed by atoms with Gasteiger partial charge in [0.2, 0.25) is 0 Å². The fourth-order valence-corrected chi connectivity index (χ4v) is 4.83. The topological polar surface area (TPSA) is 103 Å². The molecule has 2 saturated heterocycles. The van der Waals surface area contributed by atoms with Crippen molar-refractivity contribution in [3.05, 3.63) is 53.5 Å². The van der Waals surface area contributed by atoms with Crippen molar-refractivity contribution in [1.82, 2.24) is 30.0 Å². The fourth-order valence-electron chi connectivity index (χ4n) is 4.83. The van der Waals surface area contributed by atoms with Crippen LogP contribution in [0.15, 0.2) is 36.4 Å². The zero-order valence-electron chi connectivity index (χ0n) is 21.2. The molecule has 10 heteroatoms. The molecule has 0 aliphatic carbocycles. The van der Waals surface area contributed by atoms with Crippen LogP contribution in [0, 0.1) is 12.8 Å². The first-order chi connectivity index (χ1) is 17.5. The van der Waals surface area contributed by atoms with Crippen LogP contribution in [-0.2, 0) is 6.42 Å². The molecule has 190 valence electrons. The van der Waals surface area contributed by atoms with Gasteiger partial charge in [0.1, 0.15) is 23.2 Å². The van der Waals surface area contributed by atoms with Gasteiger partial charge in [-0.15, -0.1) is 0 Å². The number of hydrogen-bond acceptors (Lipinski definition) is 8. The Kier molecular flexibility index (Phi) is 7.04. The van der Waals surface area contributed by atoms with Crippen LogP contribution in [0.4, 0.5) is 17.5 Å². The number of H-pyrrole nitrogens is 1. The molecule has 1 aromatic carbocycles. The number of anilines is 3. The molecule has 2 aliphatic heterocycles. The van der Waals surface area contributed by atoms with Crippen LogP contribution in [0.25, 0.3) is 0 Å². The minimum Gasteiger partial charge on any atom is -0.497 e. The average Bonchev–Trinajstić information content (AvgIpc) is 3.52. The van der Waals surface area contributed by atoms with Gasteiger partial charge in [-0.2, -0.15) is 5.10 Å². The summed E-state index contributed by atoms with van der Waals surface area (Å²) in [6.45, 7) is 7.27. The van der Waals surface area contributed by atoms with E-state index in [1.54, 1.807) is 13.2 Å². The first-order valence-electron chi connectivity index (χ1n) is 12.5. The number of likely N-dealkylation sites (tertiary alicyclic amines) is 1. The molecule has 2 N–H and O–H groups in total. The van der Waals surface area contributed by atoms with Gasteiger partial charge in [0, 0.05) is 69.1 Å². The number of nitrogens with zero attached hydrogens (tertiary/aromatic N) is 6. The summed E-state index contributed by atoms with van der Waals surface area (Å²) in [5, 5.41) is 10.6. The summed E-state index contributed by atoms with van der Waals surface area (Å²) < 4.78 is 5.28. The highest BCUT2D eigenvalue weighted by molar-refractivity contribution is 5.94. The summed E-state index contributed by atoms with van der Waals surface area (Å²) in [6, 6.07) is 11.3. The molecule has 0 spiro atoms. The first kappa shape index (κ1) is 24.1. The molecule has 0 unspecified atom stereocenters. The van der Waals surface area contributed by atoms with E-state index in [4.69, 9.17) is 14.7 Å². The standard InChI is InChI=1S/C26H34N8O2/c1-18-13-24(31-30-18)28-23-16-25(33-11-9-32(2)10-12-33)29-22(27-23)14-19-7-8-34(17-19)26(35)20-5-4-6-21(15-20)36-3/h4-6,13,15-16,19H,7-12,14,17H2,1-3H3,(H2,27,28,29,30,31)/t19-/m1/s1. The van der Waals surface area contributed by atoms with Crippen molar-refractivity contribution in [1.29, 1.82) is 0 Å². The summed E-state index contributed by atoms with van der Waals surface area (Å²) in [4.78, 5) is 29.4. The maximum atomic E-state index is 13.1. The van der Waals surface area contributed by atoms with Gasteiger partial charge in [0.15, 0.2) is 5.82 Å². The number of carbonyl (C=O) groups is 1. The fraction of sp³-hybridized carbons (Fsp3) is 0.462. The number of carbonyl (C=O) groups excluding carboxylic acids is 1. The van der Waals surface area contributed by atoms with Gasteiger partial charge in [0.25, 0.3) is 5.91 Å². The molecule has 0 radical (unpaired) electrons. The lowest BCUT2D eigenvalue weighted by atomic mass is 10.0. The van der Waals surface area contributed by atoms with Crippen molar-refractivity contribution >= 4 is 23.4 Å². The Morgan fingerprint density at radius 1 is 1.11 bits per heavy atom. The van der Waals surface area contributed by atoms with Crippen LogP contribution in [0.3, 0.4) is 0 Å². The lowest BCUT2D eigenvalue weighted by Gasteiger charge is -2.33. The van der Waals surface area contributed by atoms with Crippen molar-refractivity contribution in [3.8, 4) is 5.75 Å². The Labute approximate surface area is 211 Å². The molecular weight excluding hydrogens is 456 g/mol. The molecule has 1 amide bonds. The van der Waals surface area contributed by atoms with Crippen LogP contribution in [-0.4, -0.2) is 89.3 Å². The number of hydrogen-bond donors (Lipinski definition) is 2. The second kappa shape index (κ2) is 10.5. The van der Waals surface area contributed by atoms with Gasteiger partial charge in [-0.3, -0.25) is 9.89 Å². The van der Waals surface area contributed by atoms with Gasteiger partial charge in [0.05, 0.1) is 7.11 Å². The molecule has 36 heavy (non-hydrogen) atoms. The Hall–Kier alpha value is -3.66. The van der Waals surface area contributed by atoms with Crippen LogP contribution >= 0.6 is 0 Å². The zero-order chi connectivity index (χ0) is 25.1. The van der Waals surface area contributed by atoms with E-state index < -0.39 is 0 Å². The second-order valence-electron chi connectivity index (χ2n) is 9.72. The Morgan fingerprint density at radius 3 is 2.69 bits per heavy atom. The predicted molar refractivity (Wildman–Crippen MR) is 139 cm³/mol. The molecule has 0 saturated carbocycles. The lowest BCUT2D eigenvalue weighted by molar-refractivity contribution is 0.0786. The van der Waals surface area contributed by atoms with Crippen molar-refractivity contribution < 1.29 is 9.53 Å². The lowest BCUT2D eigenvalue weighted by Crippen LogP contribution is -2.45. The van der Waals surface area contributed by atoms with Crippen molar-refractivity contribution in [3.63, 3.8) is 0 Å². The normalized spacial score (nSPS) is 18.5. The van der Waals surface area contributed by atoms with Gasteiger partial charge in [-0.05, 0) is 44.5 Å². The Morgan fingerprint density at radius 2 is 1.94 bits per heavy atom. The van der Waals surface area contributed by atoms with Gasteiger partial charge >= 0.3 is 0 Å². The van der Waals surface area contributed by atoms with E-state index in [1.165, 1.54) is 0 Å². The number of benzene rings is 1. The van der Waals surface area contributed by atoms with Crippen molar-refractivity contribution in [2.75, 3.05) is 63.6 Å². The number of piperazine rings is 1. The summed E-state index contributed by atoms with van der Waals surface area (Å²) in [6.07, 6.45) is 1.65. The predicted octanol–water partition coefficient (Wildman–Crippen LogP) is 2.72. The Balaban J connectivity index is 1.31. The zero-order valence-corrected chi connectivity index (χ0v) is 21.2.